The molecule has 3 amide bonds. The fraction of sp³-hybridized carbons (Fsp3) is 0.600. The molecule has 4 bridgehead atoms. The van der Waals surface area contributed by atoms with E-state index in [-0.39, 0.29) is 12.5 Å². The number of nitrogens with two attached hydrogens (primary N) is 2. The highest BCUT2D eigenvalue weighted by Crippen LogP contribution is 2.53. The van der Waals surface area contributed by atoms with Gasteiger partial charge in [-0.2, -0.15) is 0 Å². The zero-order chi connectivity index (χ0) is 23.5. The van der Waals surface area contributed by atoms with Gasteiger partial charge < -0.3 is 22.1 Å². The van der Waals surface area contributed by atoms with Crippen LogP contribution in [-0.4, -0.2) is 27.9 Å². The maximum absolute atomic E-state index is 11.6. The summed E-state index contributed by atoms with van der Waals surface area (Å²) in [5.74, 6) is 5.12. The Morgan fingerprint density at radius 2 is 1.48 bits per heavy atom. The SMILES string of the molecule is C1C2CC3CC1CC(C2)C3.CC(C)[C@H](Nc1nc(CNC(N)=O)nc2ccccc12)C(N)=O. The van der Waals surface area contributed by atoms with Gasteiger partial charge in [-0.3, -0.25) is 4.79 Å². The number of carbonyl (C=O) groups excluding carboxylic acids is 2. The van der Waals surface area contributed by atoms with Gasteiger partial charge in [-0.25, -0.2) is 14.8 Å². The van der Waals surface area contributed by atoms with Gasteiger partial charge in [0.1, 0.15) is 11.9 Å². The Hall–Kier alpha value is -2.90. The third-order valence-electron chi connectivity index (χ3n) is 7.34. The highest BCUT2D eigenvalue weighted by molar-refractivity contribution is 5.92. The van der Waals surface area contributed by atoms with Crippen molar-refractivity contribution in [2.24, 2.45) is 41.1 Å². The smallest absolute Gasteiger partial charge is 0.312 e. The lowest BCUT2D eigenvalue weighted by Crippen LogP contribution is -2.40. The van der Waals surface area contributed by atoms with Gasteiger partial charge >= 0.3 is 6.03 Å². The molecule has 8 nitrogen and oxygen atoms in total. The second-order valence-corrected chi connectivity index (χ2v) is 10.4. The van der Waals surface area contributed by atoms with E-state index in [0.717, 1.165) is 5.39 Å². The lowest BCUT2D eigenvalue weighted by Gasteiger charge is -2.49. The lowest BCUT2D eigenvalue weighted by molar-refractivity contribution is -0.119. The second-order valence-electron chi connectivity index (χ2n) is 10.4. The maximum Gasteiger partial charge on any atom is 0.312 e. The molecule has 4 saturated carbocycles. The van der Waals surface area contributed by atoms with Gasteiger partial charge in [0, 0.05) is 5.39 Å². The summed E-state index contributed by atoms with van der Waals surface area (Å²) in [5.41, 5.74) is 11.2. The number of fused-ring (bicyclic) bond motifs is 1. The molecule has 4 aliphatic rings. The first-order valence-electron chi connectivity index (χ1n) is 12.1. The topological polar surface area (TPSA) is 136 Å². The third kappa shape index (κ3) is 5.72. The van der Waals surface area contributed by atoms with Gasteiger partial charge in [-0.1, -0.05) is 26.0 Å². The summed E-state index contributed by atoms with van der Waals surface area (Å²) < 4.78 is 0. The first-order valence-corrected chi connectivity index (χ1v) is 12.1. The monoisotopic (exact) mass is 452 g/mol. The van der Waals surface area contributed by atoms with E-state index in [1.165, 1.54) is 23.7 Å². The summed E-state index contributed by atoms with van der Waals surface area (Å²) in [6, 6.07) is 6.15. The molecule has 0 saturated heterocycles. The van der Waals surface area contributed by atoms with Crippen LogP contribution in [0.25, 0.3) is 10.9 Å². The number of benzene rings is 1. The molecular weight excluding hydrogens is 416 g/mol. The molecule has 1 aromatic carbocycles. The number of aromatic nitrogens is 2. The Labute approximate surface area is 195 Å². The number of amides is 3. The number of hydrogen-bond donors (Lipinski definition) is 4. The van der Waals surface area contributed by atoms with E-state index in [9.17, 15) is 9.59 Å². The Balaban J connectivity index is 0.000000210. The first kappa shape index (κ1) is 23.3. The normalized spacial score (nSPS) is 25.9. The van der Waals surface area contributed by atoms with Crippen molar-refractivity contribution in [3.8, 4) is 0 Å². The van der Waals surface area contributed by atoms with E-state index < -0.39 is 18.0 Å². The van der Waals surface area contributed by atoms with Crippen LogP contribution in [0.3, 0.4) is 0 Å². The highest BCUT2D eigenvalue weighted by Gasteiger charge is 2.41. The van der Waals surface area contributed by atoms with E-state index in [1.54, 1.807) is 38.5 Å². The molecule has 4 aliphatic carbocycles. The Morgan fingerprint density at radius 3 is 1.97 bits per heavy atom. The standard InChI is InChI=1S/C15H20N6O2.C10H16/c1-8(2)12(13(16)22)21-14-9-5-3-4-6-10(9)19-11(20-14)7-18-15(17)23;1-7-2-9-4-8(1)5-10(3-7)6-9/h3-6,8,12H,7H2,1-2H3,(H2,16,22)(H3,17,18,23)(H,19,20,21);7-10H,1-6H2/t12-;/m0./s1. The van der Waals surface area contributed by atoms with E-state index in [2.05, 4.69) is 20.6 Å². The van der Waals surface area contributed by atoms with Crippen LogP contribution < -0.4 is 22.1 Å². The van der Waals surface area contributed by atoms with Gasteiger partial charge in [0.15, 0.2) is 5.82 Å². The number of primary amides is 2. The van der Waals surface area contributed by atoms with Crippen LogP contribution in [0.5, 0.6) is 0 Å². The average Bonchev–Trinajstić information content (AvgIpc) is 2.75. The van der Waals surface area contributed by atoms with Crippen LogP contribution in [0.1, 0.15) is 58.2 Å². The predicted molar refractivity (Wildman–Crippen MR) is 129 cm³/mol. The molecule has 8 heteroatoms. The quantitative estimate of drug-likeness (QED) is 0.531. The van der Waals surface area contributed by atoms with Crippen molar-refractivity contribution in [2.45, 2.75) is 65.0 Å². The van der Waals surface area contributed by atoms with E-state index >= 15 is 0 Å². The fourth-order valence-corrected chi connectivity index (χ4v) is 6.18. The van der Waals surface area contributed by atoms with Crippen LogP contribution in [-0.2, 0) is 11.3 Å². The van der Waals surface area contributed by atoms with E-state index in [4.69, 9.17) is 11.5 Å². The van der Waals surface area contributed by atoms with E-state index in [0.29, 0.717) is 17.2 Å². The summed E-state index contributed by atoms with van der Waals surface area (Å²) >= 11 is 0. The van der Waals surface area contributed by atoms with Gasteiger partial charge in [0.25, 0.3) is 0 Å². The average molecular weight is 453 g/mol. The van der Waals surface area contributed by atoms with E-state index in [1.807, 2.05) is 38.1 Å². The molecule has 0 radical (unpaired) electrons. The second kappa shape index (κ2) is 9.93. The van der Waals surface area contributed by atoms with Gasteiger partial charge in [0.2, 0.25) is 5.91 Å². The summed E-state index contributed by atoms with van der Waals surface area (Å²) in [6.45, 7) is 3.88. The fourth-order valence-electron chi connectivity index (χ4n) is 6.18. The van der Waals surface area contributed by atoms with Crippen molar-refractivity contribution in [1.29, 1.82) is 0 Å². The number of hydrogen-bond acceptors (Lipinski definition) is 5. The lowest BCUT2D eigenvalue weighted by atomic mass is 9.56. The zero-order valence-corrected chi connectivity index (χ0v) is 19.6. The van der Waals surface area contributed by atoms with Crippen LogP contribution >= 0.6 is 0 Å². The van der Waals surface area contributed by atoms with Gasteiger partial charge in [0.05, 0.1) is 12.1 Å². The largest absolute Gasteiger partial charge is 0.368 e. The summed E-state index contributed by atoms with van der Waals surface area (Å²) in [7, 11) is 0. The molecular formula is C25H36N6O2. The number of para-hydroxylation sites is 1. The van der Waals surface area contributed by atoms with Crippen molar-refractivity contribution in [1.82, 2.24) is 15.3 Å². The maximum atomic E-state index is 11.6. The van der Waals surface area contributed by atoms with Crippen LogP contribution in [0.4, 0.5) is 10.6 Å². The molecule has 6 N–H and O–H groups in total. The molecule has 178 valence electrons. The molecule has 4 fully saturated rings. The number of anilines is 1. The minimum absolute atomic E-state index is 0.00609. The Kier molecular flexibility index (Phi) is 7.00. The Bertz CT molecular complexity index is 951. The van der Waals surface area contributed by atoms with Crippen molar-refractivity contribution in [3.63, 3.8) is 0 Å². The number of rotatable bonds is 6. The molecule has 1 atom stereocenters. The molecule has 0 aliphatic heterocycles. The van der Waals surface area contributed by atoms with Crippen molar-refractivity contribution >= 4 is 28.7 Å². The summed E-state index contributed by atoms with van der Waals surface area (Å²) in [6.07, 6.45) is 9.62. The van der Waals surface area contributed by atoms with Gasteiger partial charge in [-0.15, -0.1) is 0 Å². The molecule has 0 spiro atoms. The molecule has 2 aromatic rings. The summed E-state index contributed by atoms with van der Waals surface area (Å²) in [4.78, 5) is 31.2. The van der Waals surface area contributed by atoms with Crippen molar-refractivity contribution < 1.29 is 9.59 Å². The van der Waals surface area contributed by atoms with Crippen molar-refractivity contribution in [3.05, 3.63) is 30.1 Å². The number of carbonyl (C=O) groups is 2. The zero-order valence-electron chi connectivity index (χ0n) is 19.6. The summed E-state index contributed by atoms with van der Waals surface area (Å²) in [5, 5.41) is 6.29. The van der Waals surface area contributed by atoms with Crippen molar-refractivity contribution in [2.75, 3.05) is 5.32 Å². The molecule has 1 aromatic heterocycles. The first-order chi connectivity index (χ1) is 15.8. The van der Waals surface area contributed by atoms with Gasteiger partial charge in [-0.05, 0) is 80.2 Å². The van der Waals surface area contributed by atoms with Crippen LogP contribution in [0, 0.1) is 29.6 Å². The minimum Gasteiger partial charge on any atom is -0.368 e. The minimum atomic E-state index is -0.659. The predicted octanol–water partition coefficient (Wildman–Crippen LogP) is 3.55. The molecule has 0 unspecified atom stereocenters. The van der Waals surface area contributed by atoms with Crippen LogP contribution in [0.15, 0.2) is 24.3 Å². The van der Waals surface area contributed by atoms with Crippen LogP contribution in [0.2, 0.25) is 0 Å². The Morgan fingerprint density at radius 1 is 0.939 bits per heavy atom. The third-order valence-corrected chi connectivity index (χ3v) is 7.34. The number of nitrogens with one attached hydrogen (secondary N) is 2. The molecule has 1 heterocycles. The number of urea groups is 1. The number of nitrogens with zero attached hydrogens (tertiary/aromatic N) is 2. The molecule has 33 heavy (non-hydrogen) atoms. The molecule has 6 rings (SSSR count). The highest BCUT2D eigenvalue weighted by atomic mass is 16.2.